The maximum absolute atomic E-state index is 13.2. The van der Waals surface area contributed by atoms with Crippen LogP contribution in [0.5, 0.6) is 5.75 Å². The molecule has 0 saturated carbocycles. The van der Waals surface area contributed by atoms with Crippen molar-refractivity contribution in [3.8, 4) is 5.75 Å². The van der Waals surface area contributed by atoms with Crippen LogP contribution < -0.4 is 20.1 Å². The fourth-order valence-corrected chi connectivity index (χ4v) is 3.69. The zero-order chi connectivity index (χ0) is 24.6. The summed E-state index contributed by atoms with van der Waals surface area (Å²) >= 11 is 1.54. The van der Waals surface area contributed by atoms with Crippen molar-refractivity contribution in [2.45, 2.75) is 43.7 Å². The van der Waals surface area contributed by atoms with Crippen LogP contribution in [0.15, 0.2) is 78.0 Å². The third-order valence-electron chi connectivity index (χ3n) is 4.74. The number of carbonyl (C=O) groups excluding carboxylic acids is 2. The van der Waals surface area contributed by atoms with Crippen LogP contribution in [0, 0.1) is 0 Å². The summed E-state index contributed by atoms with van der Waals surface area (Å²) in [7, 11) is 1.60. The molecule has 8 heteroatoms. The molecule has 3 N–H and O–H groups in total. The highest BCUT2D eigenvalue weighted by atomic mass is 32.2. The van der Waals surface area contributed by atoms with Crippen molar-refractivity contribution in [1.29, 1.82) is 0 Å². The predicted octanol–water partition coefficient (Wildman–Crippen LogP) is 4.47. The van der Waals surface area contributed by atoms with Gasteiger partial charge in [-0.2, -0.15) is 0 Å². The maximum Gasteiger partial charge on any atom is 0.253 e. The van der Waals surface area contributed by atoms with Crippen molar-refractivity contribution in [2.24, 2.45) is 0 Å². The Morgan fingerprint density at radius 3 is 2.32 bits per heavy atom. The minimum atomic E-state index is -0.780. The lowest BCUT2D eigenvalue weighted by Gasteiger charge is -2.20. The first-order valence-electron chi connectivity index (χ1n) is 10.9. The van der Waals surface area contributed by atoms with Crippen molar-refractivity contribution in [3.05, 3.63) is 84.2 Å². The van der Waals surface area contributed by atoms with Gasteiger partial charge in [-0.25, -0.2) is 0 Å². The van der Waals surface area contributed by atoms with Gasteiger partial charge in [-0.3, -0.25) is 19.3 Å². The second-order valence-corrected chi connectivity index (χ2v) is 9.67. The van der Waals surface area contributed by atoms with E-state index in [-0.39, 0.29) is 17.4 Å². The second-order valence-electron chi connectivity index (χ2n) is 8.79. The summed E-state index contributed by atoms with van der Waals surface area (Å²) in [4.78, 5) is 30.9. The van der Waals surface area contributed by atoms with E-state index in [9.17, 15) is 9.59 Å². The smallest absolute Gasteiger partial charge is 0.253 e. The Morgan fingerprint density at radius 2 is 1.74 bits per heavy atom. The third-order valence-corrected chi connectivity index (χ3v) is 5.96. The minimum Gasteiger partial charge on any atom is -0.497 e. The summed E-state index contributed by atoms with van der Waals surface area (Å²) in [5.41, 5.74) is 1.93. The van der Waals surface area contributed by atoms with Crippen LogP contribution in [-0.2, 0) is 11.2 Å². The SMILES string of the molecule is COc1ccc(C[C@H](NC(=O)c2cccnc2)C(=O)Nc2ccc(SNC(C)(C)C)cc2)cc1. The Morgan fingerprint density at radius 1 is 1.03 bits per heavy atom. The summed E-state index contributed by atoms with van der Waals surface area (Å²) in [5, 5.41) is 5.76. The van der Waals surface area contributed by atoms with Crippen molar-refractivity contribution >= 4 is 29.4 Å². The molecule has 1 aromatic heterocycles. The average molecular weight is 479 g/mol. The van der Waals surface area contributed by atoms with Crippen molar-refractivity contribution in [3.63, 3.8) is 0 Å². The number of aromatic nitrogens is 1. The fourth-order valence-electron chi connectivity index (χ4n) is 2.99. The standard InChI is InChI=1S/C26H30N4O3S/c1-26(2,3)30-34-22-13-9-20(10-14-22)28-25(32)23(16-18-7-11-21(33-4)12-8-18)29-24(31)19-6-5-15-27-17-19/h5-15,17,23,30H,16H2,1-4H3,(H,28,32)(H,29,31)/t23-/m0/s1. The number of hydrogen-bond acceptors (Lipinski definition) is 6. The molecule has 0 saturated heterocycles. The van der Waals surface area contributed by atoms with Crippen LogP contribution >= 0.6 is 11.9 Å². The zero-order valence-electron chi connectivity index (χ0n) is 19.8. The fraction of sp³-hybridized carbons (Fsp3) is 0.269. The van der Waals surface area contributed by atoms with E-state index in [1.807, 2.05) is 48.5 Å². The van der Waals surface area contributed by atoms with E-state index in [1.54, 1.807) is 25.4 Å². The zero-order valence-corrected chi connectivity index (χ0v) is 20.6. The summed E-state index contributed by atoms with van der Waals surface area (Å²) in [6.45, 7) is 6.28. The Labute approximate surface area is 204 Å². The monoisotopic (exact) mass is 478 g/mol. The highest BCUT2D eigenvalue weighted by Gasteiger charge is 2.22. The number of methoxy groups -OCH3 is 1. The number of ether oxygens (including phenoxy) is 1. The Kier molecular flexibility index (Phi) is 8.67. The van der Waals surface area contributed by atoms with Gasteiger partial charge < -0.3 is 15.4 Å². The number of pyridine rings is 1. The molecule has 178 valence electrons. The first kappa shape index (κ1) is 25.3. The minimum absolute atomic E-state index is 0.0152. The van der Waals surface area contributed by atoms with Gasteiger partial charge in [-0.15, -0.1) is 0 Å². The molecule has 0 aliphatic heterocycles. The van der Waals surface area contributed by atoms with E-state index in [0.717, 1.165) is 16.2 Å². The first-order valence-corrected chi connectivity index (χ1v) is 11.7. The lowest BCUT2D eigenvalue weighted by molar-refractivity contribution is -0.118. The molecule has 34 heavy (non-hydrogen) atoms. The van der Waals surface area contributed by atoms with Gasteiger partial charge in [0.05, 0.1) is 12.7 Å². The second kappa shape index (κ2) is 11.7. The van der Waals surface area contributed by atoms with Crippen LogP contribution in [0.1, 0.15) is 36.7 Å². The molecule has 0 unspecified atom stereocenters. The Balaban J connectivity index is 1.71. The van der Waals surface area contributed by atoms with E-state index >= 15 is 0 Å². The number of hydrogen-bond donors (Lipinski definition) is 3. The predicted molar refractivity (Wildman–Crippen MR) is 136 cm³/mol. The van der Waals surface area contributed by atoms with Crippen LogP contribution in [0.25, 0.3) is 0 Å². The summed E-state index contributed by atoms with van der Waals surface area (Å²) in [5.74, 6) is 0.0612. The number of carbonyl (C=O) groups is 2. The highest BCUT2D eigenvalue weighted by Crippen LogP contribution is 2.21. The molecule has 0 fully saturated rings. The Hall–Kier alpha value is -3.36. The number of anilines is 1. The molecule has 3 rings (SSSR count). The van der Waals surface area contributed by atoms with Crippen LogP contribution in [0.3, 0.4) is 0 Å². The number of amides is 2. The van der Waals surface area contributed by atoms with Crippen LogP contribution in [-0.4, -0.2) is 35.5 Å². The lowest BCUT2D eigenvalue weighted by Crippen LogP contribution is -2.45. The third kappa shape index (κ3) is 7.90. The molecule has 0 bridgehead atoms. The molecule has 1 atom stereocenters. The van der Waals surface area contributed by atoms with E-state index in [0.29, 0.717) is 17.7 Å². The van der Waals surface area contributed by atoms with Crippen LogP contribution in [0.4, 0.5) is 5.69 Å². The number of rotatable bonds is 9. The van der Waals surface area contributed by atoms with Gasteiger partial charge >= 0.3 is 0 Å². The Bertz CT molecular complexity index is 1080. The molecule has 1 heterocycles. The molecule has 2 amide bonds. The van der Waals surface area contributed by atoms with Crippen LogP contribution in [0.2, 0.25) is 0 Å². The molecular weight excluding hydrogens is 448 g/mol. The average Bonchev–Trinajstić information content (AvgIpc) is 2.83. The van der Waals surface area contributed by atoms with Gasteiger partial charge in [0, 0.05) is 34.9 Å². The van der Waals surface area contributed by atoms with Gasteiger partial charge in [0.15, 0.2) is 0 Å². The number of nitrogens with zero attached hydrogens (tertiary/aromatic N) is 1. The molecule has 0 radical (unpaired) electrons. The van der Waals surface area contributed by atoms with E-state index in [2.05, 4.69) is 41.1 Å². The number of benzene rings is 2. The molecule has 7 nitrogen and oxygen atoms in total. The lowest BCUT2D eigenvalue weighted by atomic mass is 10.0. The summed E-state index contributed by atoms with van der Waals surface area (Å²) in [6.07, 6.45) is 3.39. The van der Waals surface area contributed by atoms with Gasteiger partial charge in [0.25, 0.3) is 5.91 Å². The number of nitrogens with one attached hydrogen (secondary N) is 3. The first-order chi connectivity index (χ1) is 16.2. The van der Waals surface area contributed by atoms with Crippen molar-refractivity contribution in [1.82, 2.24) is 15.0 Å². The molecular formula is C26H30N4O3S. The quantitative estimate of drug-likeness (QED) is 0.393. The molecule has 0 spiro atoms. The van der Waals surface area contributed by atoms with E-state index < -0.39 is 6.04 Å². The molecule has 0 aliphatic carbocycles. The normalized spacial score (nSPS) is 12.0. The molecule has 2 aromatic carbocycles. The largest absolute Gasteiger partial charge is 0.497 e. The molecule has 0 aliphatic rings. The molecule has 3 aromatic rings. The summed E-state index contributed by atoms with van der Waals surface area (Å²) in [6, 6.07) is 17.5. The van der Waals surface area contributed by atoms with Gasteiger partial charge in [-0.1, -0.05) is 12.1 Å². The topological polar surface area (TPSA) is 92.3 Å². The van der Waals surface area contributed by atoms with E-state index in [1.165, 1.54) is 18.1 Å². The van der Waals surface area contributed by atoms with Gasteiger partial charge in [0.2, 0.25) is 5.91 Å². The van der Waals surface area contributed by atoms with Crippen molar-refractivity contribution in [2.75, 3.05) is 12.4 Å². The van der Waals surface area contributed by atoms with Gasteiger partial charge in [-0.05, 0) is 86.8 Å². The van der Waals surface area contributed by atoms with Crippen molar-refractivity contribution < 1.29 is 14.3 Å². The van der Waals surface area contributed by atoms with Gasteiger partial charge in [0.1, 0.15) is 11.8 Å². The highest BCUT2D eigenvalue weighted by molar-refractivity contribution is 7.97. The maximum atomic E-state index is 13.2. The summed E-state index contributed by atoms with van der Waals surface area (Å²) < 4.78 is 8.56. The van der Waals surface area contributed by atoms with E-state index in [4.69, 9.17) is 4.74 Å².